The Hall–Kier alpha value is -4.01. The Kier molecular flexibility index (Phi) is 6.44. The van der Waals surface area contributed by atoms with Crippen molar-refractivity contribution in [2.75, 3.05) is 7.11 Å². The summed E-state index contributed by atoms with van der Waals surface area (Å²) in [5.41, 5.74) is 6.06. The molecule has 31 heavy (non-hydrogen) atoms. The van der Waals surface area contributed by atoms with Gasteiger partial charge < -0.3 is 15.8 Å². The summed E-state index contributed by atoms with van der Waals surface area (Å²) < 4.78 is 21.1. The number of benzene rings is 2. The fourth-order valence-electron chi connectivity index (χ4n) is 3.17. The number of nitrogens with zero attached hydrogens (tertiary/aromatic N) is 2. The average Bonchev–Trinajstić information content (AvgIpc) is 3.15. The molecule has 0 saturated heterocycles. The molecule has 0 radical (unpaired) electrons. The van der Waals surface area contributed by atoms with Gasteiger partial charge >= 0.3 is 0 Å². The minimum atomic E-state index is -1.18. The van der Waals surface area contributed by atoms with Gasteiger partial charge in [-0.05, 0) is 17.7 Å². The highest BCUT2D eigenvalue weighted by Crippen LogP contribution is 2.30. The lowest BCUT2D eigenvalue weighted by Gasteiger charge is -2.16. The number of aromatic nitrogens is 2. The van der Waals surface area contributed by atoms with Crippen molar-refractivity contribution in [1.82, 2.24) is 15.1 Å². The van der Waals surface area contributed by atoms with Crippen LogP contribution >= 0.6 is 0 Å². The van der Waals surface area contributed by atoms with Crippen molar-refractivity contribution in [2.45, 2.75) is 12.5 Å². The van der Waals surface area contributed by atoms with Crippen LogP contribution in [0.15, 0.2) is 54.7 Å². The number of ether oxygens (including phenoxy) is 1. The molecule has 0 aliphatic rings. The molecule has 1 heterocycles. The van der Waals surface area contributed by atoms with Gasteiger partial charge in [-0.2, -0.15) is 5.10 Å². The van der Waals surface area contributed by atoms with E-state index in [4.69, 9.17) is 10.5 Å². The van der Waals surface area contributed by atoms with Crippen molar-refractivity contribution in [3.8, 4) is 17.0 Å². The predicted octanol–water partition coefficient (Wildman–Crippen LogP) is 1.63. The highest BCUT2D eigenvalue weighted by molar-refractivity contribution is 6.38. The first kappa shape index (κ1) is 21.7. The summed E-state index contributed by atoms with van der Waals surface area (Å²) in [6, 6.07) is 12.2. The van der Waals surface area contributed by atoms with E-state index in [2.05, 4.69) is 10.4 Å². The van der Waals surface area contributed by atoms with Crippen LogP contribution in [0.5, 0.6) is 5.75 Å². The third-order valence-electron chi connectivity index (χ3n) is 4.66. The van der Waals surface area contributed by atoms with E-state index in [1.807, 2.05) is 0 Å². The van der Waals surface area contributed by atoms with Crippen LogP contribution in [0.1, 0.15) is 15.9 Å². The lowest BCUT2D eigenvalue weighted by atomic mass is 10.0. The van der Waals surface area contributed by atoms with E-state index in [-0.39, 0.29) is 29.0 Å². The number of methoxy groups -OCH3 is 1. The molecule has 0 fully saturated rings. The third-order valence-corrected chi connectivity index (χ3v) is 4.66. The predicted molar refractivity (Wildman–Crippen MR) is 111 cm³/mol. The summed E-state index contributed by atoms with van der Waals surface area (Å²) in [4.78, 5) is 36.8. The van der Waals surface area contributed by atoms with Crippen molar-refractivity contribution in [2.24, 2.45) is 12.8 Å². The van der Waals surface area contributed by atoms with Gasteiger partial charge in [0.05, 0.1) is 12.7 Å². The smallest absolute Gasteiger partial charge is 0.287 e. The minimum Gasteiger partial charge on any atom is -0.494 e. The molecular formula is C22H21FN4O4. The summed E-state index contributed by atoms with van der Waals surface area (Å²) >= 11 is 0. The van der Waals surface area contributed by atoms with E-state index >= 15 is 0 Å². The topological polar surface area (TPSA) is 116 Å². The van der Waals surface area contributed by atoms with Gasteiger partial charge in [-0.3, -0.25) is 19.1 Å². The van der Waals surface area contributed by atoms with Crippen LogP contribution in [-0.2, 0) is 23.1 Å². The van der Waals surface area contributed by atoms with E-state index < -0.39 is 29.5 Å². The molecule has 9 heteroatoms. The van der Waals surface area contributed by atoms with Crippen LogP contribution in [0, 0.1) is 5.82 Å². The number of nitrogens with one attached hydrogen (secondary N) is 1. The standard InChI is InChI=1S/C22H21FN4O4/c1-27-12-15(19(26-27)14-9-6-10-17(31-2)18(14)23)22(30)25-16(20(28)21(24)29)11-13-7-4-3-5-8-13/h3-10,12,16H,11H2,1-2H3,(H2,24,29)(H,25,30). The number of nitrogens with two attached hydrogens (primary N) is 1. The third kappa shape index (κ3) is 4.77. The van der Waals surface area contributed by atoms with E-state index in [0.29, 0.717) is 0 Å². The monoisotopic (exact) mass is 424 g/mol. The summed E-state index contributed by atoms with van der Waals surface area (Å²) in [6.07, 6.45) is 1.47. The Morgan fingerprint density at radius 2 is 1.87 bits per heavy atom. The highest BCUT2D eigenvalue weighted by Gasteiger charge is 2.28. The fourth-order valence-corrected chi connectivity index (χ4v) is 3.17. The van der Waals surface area contributed by atoms with Gasteiger partial charge in [0.2, 0.25) is 5.78 Å². The number of hydrogen-bond donors (Lipinski definition) is 2. The van der Waals surface area contributed by atoms with Gasteiger partial charge in [0, 0.05) is 25.2 Å². The minimum absolute atomic E-state index is 0.000344. The van der Waals surface area contributed by atoms with Crippen molar-refractivity contribution in [3.63, 3.8) is 0 Å². The lowest BCUT2D eigenvalue weighted by molar-refractivity contribution is -0.137. The van der Waals surface area contributed by atoms with Crippen molar-refractivity contribution in [3.05, 3.63) is 71.7 Å². The normalized spacial score (nSPS) is 11.6. The number of rotatable bonds is 8. The van der Waals surface area contributed by atoms with E-state index in [9.17, 15) is 18.8 Å². The first-order chi connectivity index (χ1) is 14.8. The number of amides is 2. The molecule has 0 aliphatic heterocycles. The Morgan fingerprint density at radius 3 is 2.52 bits per heavy atom. The number of carbonyl (C=O) groups excluding carboxylic acids is 3. The highest BCUT2D eigenvalue weighted by atomic mass is 19.1. The first-order valence-electron chi connectivity index (χ1n) is 9.36. The second-order valence-electron chi connectivity index (χ2n) is 6.83. The number of hydrogen-bond acceptors (Lipinski definition) is 5. The summed E-state index contributed by atoms with van der Waals surface area (Å²) in [5, 5.41) is 6.73. The van der Waals surface area contributed by atoms with Crippen LogP contribution < -0.4 is 15.8 Å². The van der Waals surface area contributed by atoms with Gasteiger partial charge in [0.25, 0.3) is 11.8 Å². The van der Waals surface area contributed by atoms with E-state index in [1.54, 1.807) is 43.4 Å². The second kappa shape index (κ2) is 9.21. The lowest BCUT2D eigenvalue weighted by Crippen LogP contribution is -2.47. The molecule has 8 nitrogen and oxygen atoms in total. The maximum atomic E-state index is 14.8. The Bertz CT molecular complexity index is 1130. The fraction of sp³-hybridized carbons (Fsp3) is 0.182. The van der Waals surface area contributed by atoms with Crippen molar-refractivity contribution in [1.29, 1.82) is 0 Å². The number of Topliss-reactive ketones (excluding diaryl/α,β-unsaturated/α-hetero) is 1. The zero-order chi connectivity index (χ0) is 22.5. The van der Waals surface area contributed by atoms with Gasteiger partial charge in [0.1, 0.15) is 11.7 Å². The van der Waals surface area contributed by atoms with Crippen LogP contribution in [0.25, 0.3) is 11.3 Å². The Morgan fingerprint density at radius 1 is 1.16 bits per heavy atom. The van der Waals surface area contributed by atoms with Crippen molar-refractivity contribution >= 4 is 17.6 Å². The Balaban J connectivity index is 1.95. The Labute approximate surface area is 177 Å². The molecule has 2 amide bonds. The SMILES string of the molecule is COc1cccc(-c2nn(C)cc2C(=O)NC(Cc2ccccc2)C(=O)C(N)=O)c1F. The molecule has 0 spiro atoms. The molecule has 0 saturated carbocycles. The molecule has 3 aromatic rings. The molecule has 160 valence electrons. The van der Waals surface area contributed by atoms with Crippen LogP contribution in [0.2, 0.25) is 0 Å². The second-order valence-corrected chi connectivity index (χ2v) is 6.83. The quantitative estimate of drug-likeness (QED) is 0.533. The maximum absolute atomic E-state index is 14.8. The van der Waals surface area contributed by atoms with Gasteiger partial charge in [-0.15, -0.1) is 0 Å². The van der Waals surface area contributed by atoms with Crippen LogP contribution in [0.4, 0.5) is 4.39 Å². The molecule has 0 bridgehead atoms. The molecule has 1 atom stereocenters. The molecule has 3 rings (SSSR count). The zero-order valence-electron chi connectivity index (χ0n) is 17.0. The molecule has 1 unspecified atom stereocenters. The molecular weight excluding hydrogens is 403 g/mol. The summed E-state index contributed by atoms with van der Waals surface area (Å²) in [5.74, 6) is -3.46. The van der Waals surface area contributed by atoms with E-state index in [1.165, 1.54) is 30.1 Å². The molecule has 3 N–H and O–H groups in total. The van der Waals surface area contributed by atoms with Gasteiger partial charge in [-0.1, -0.05) is 36.4 Å². The zero-order valence-corrected chi connectivity index (χ0v) is 17.0. The number of primary amides is 1. The number of aryl methyl sites for hydroxylation is 1. The number of ketones is 1. The van der Waals surface area contributed by atoms with Gasteiger partial charge in [0.15, 0.2) is 11.6 Å². The largest absolute Gasteiger partial charge is 0.494 e. The van der Waals surface area contributed by atoms with Crippen molar-refractivity contribution < 1.29 is 23.5 Å². The first-order valence-corrected chi connectivity index (χ1v) is 9.36. The molecule has 0 aliphatic carbocycles. The summed E-state index contributed by atoms with van der Waals surface area (Å²) in [6.45, 7) is 0. The van der Waals surface area contributed by atoms with Crippen LogP contribution in [0.3, 0.4) is 0 Å². The number of carbonyl (C=O) groups is 3. The van der Waals surface area contributed by atoms with Gasteiger partial charge in [-0.25, -0.2) is 4.39 Å². The maximum Gasteiger partial charge on any atom is 0.287 e. The molecule has 2 aromatic carbocycles. The van der Waals surface area contributed by atoms with E-state index in [0.717, 1.165) is 5.56 Å². The average molecular weight is 424 g/mol. The van der Waals surface area contributed by atoms with Crippen LogP contribution in [-0.4, -0.2) is 40.5 Å². The number of halogens is 1. The summed E-state index contributed by atoms with van der Waals surface area (Å²) in [7, 11) is 2.91. The molecule has 1 aromatic heterocycles.